The summed E-state index contributed by atoms with van der Waals surface area (Å²) in [6, 6.07) is 31.7. The molecule has 0 fully saturated rings. The first-order valence-electron chi connectivity index (χ1n) is 14.0. The molecule has 0 unspecified atom stereocenters. The zero-order valence-electron chi connectivity index (χ0n) is 23.8. The lowest BCUT2D eigenvalue weighted by molar-refractivity contribution is 0.660. The van der Waals surface area contributed by atoms with E-state index in [-0.39, 0.29) is 10.8 Å². The predicted molar refractivity (Wildman–Crippen MR) is 168 cm³/mol. The summed E-state index contributed by atoms with van der Waals surface area (Å²) in [7, 11) is 0. The maximum absolute atomic E-state index is 3.89. The summed E-state index contributed by atoms with van der Waals surface area (Å²) in [4.78, 5) is 2.49. The van der Waals surface area contributed by atoms with Crippen molar-refractivity contribution in [2.24, 2.45) is 0 Å². The molecule has 0 saturated heterocycles. The zero-order chi connectivity index (χ0) is 27.4. The Morgan fingerprint density at radius 2 is 1.33 bits per heavy atom. The van der Waals surface area contributed by atoms with Gasteiger partial charge in [0.1, 0.15) is 0 Å². The highest BCUT2D eigenvalue weighted by Gasteiger charge is 2.39. The quantitative estimate of drug-likeness (QED) is 0.235. The molecule has 194 valence electrons. The molecule has 0 saturated carbocycles. The van der Waals surface area contributed by atoms with Gasteiger partial charge in [-0.05, 0) is 64.1 Å². The van der Waals surface area contributed by atoms with Crippen molar-refractivity contribution < 1.29 is 0 Å². The number of allylic oxidation sites excluding steroid dienone is 4. The fraction of sp³-hybridized carbons (Fsp3) is 0.211. The Morgan fingerprint density at radius 3 is 2.05 bits per heavy atom. The van der Waals surface area contributed by atoms with Gasteiger partial charge < -0.3 is 4.90 Å². The molecule has 0 N–H and O–H groups in total. The molecule has 0 radical (unpaired) electrons. The molecule has 1 heteroatoms. The average Bonchev–Trinajstić information content (AvgIpc) is 3.33. The van der Waals surface area contributed by atoms with Crippen LogP contribution in [0.25, 0.3) is 22.3 Å². The van der Waals surface area contributed by atoms with Gasteiger partial charge in [-0.25, -0.2) is 0 Å². The van der Waals surface area contributed by atoms with Crippen molar-refractivity contribution in [2.45, 2.75) is 51.9 Å². The fourth-order valence-electron chi connectivity index (χ4n) is 6.84. The highest BCUT2D eigenvalue weighted by atomic mass is 15.2. The summed E-state index contributed by atoms with van der Waals surface area (Å²) in [5.74, 6) is 0. The Morgan fingerprint density at radius 1 is 0.718 bits per heavy atom. The van der Waals surface area contributed by atoms with Crippen molar-refractivity contribution in [3.05, 3.63) is 144 Å². The molecule has 4 aromatic carbocycles. The Balaban J connectivity index is 1.59. The third-order valence-electron chi connectivity index (χ3n) is 8.87. The lowest BCUT2D eigenvalue weighted by atomic mass is 9.82. The van der Waals surface area contributed by atoms with Gasteiger partial charge in [-0.2, -0.15) is 0 Å². The summed E-state index contributed by atoms with van der Waals surface area (Å²) < 4.78 is 0. The molecule has 0 spiro atoms. The topological polar surface area (TPSA) is 3.24 Å². The van der Waals surface area contributed by atoms with Crippen LogP contribution in [0.5, 0.6) is 0 Å². The van der Waals surface area contributed by atoms with Gasteiger partial charge in [0, 0.05) is 34.2 Å². The van der Waals surface area contributed by atoms with E-state index < -0.39 is 0 Å². The molecule has 6 rings (SSSR count). The molecular weight excluding hydrogens is 470 g/mol. The van der Waals surface area contributed by atoms with Crippen molar-refractivity contribution in [2.75, 3.05) is 4.90 Å². The molecule has 0 aromatic heterocycles. The van der Waals surface area contributed by atoms with E-state index in [9.17, 15) is 0 Å². The summed E-state index contributed by atoms with van der Waals surface area (Å²) in [5, 5.41) is 0. The largest absolute Gasteiger partial charge is 0.314 e. The lowest BCUT2D eigenvalue weighted by Crippen LogP contribution is -2.20. The van der Waals surface area contributed by atoms with Crippen molar-refractivity contribution >= 4 is 11.4 Å². The molecule has 0 atom stereocenters. The number of hydrogen-bond acceptors (Lipinski definition) is 1. The number of benzene rings is 4. The van der Waals surface area contributed by atoms with E-state index in [1.807, 2.05) is 12.2 Å². The van der Waals surface area contributed by atoms with Crippen LogP contribution < -0.4 is 4.90 Å². The van der Waals surface area contributed by atoms with Gasteiger partial charge in [0.15, 0.2) is 0 Å². The van der Waals surface area contributed by atoms with E-state index in [1.165, 1.54) is 61.6 Å². The minimum absolute atomic E-state index is 0.0476. The second-order valence-corrected chi connectivity index (χ2v) is 11.8. The molecule has 39 heavy (non-hydrogen) atoms. The van der Waals surface area contributed by atoms with Crippen molar-refractivity contribution in [1.29, 1.82) is 0 Å². The fourth-order valence-corrected chi connectivity index (χ4v) is 6.84. The molecule has 4 aromatic rings. The first-order valence-corrected chi connectivity index (χ1v) is 14.0. The number of fused-ring (bicyclic) bond motifs is 6. The second-order valence-electron chi connectivity index (χ2n) is 11.8. The summed E-state index contributed by atoms with van der Waals surface area (Å²) >= 11 is 0. The normalized spacial score (nSPS) is 16.0. The van der Waals surface area contributed by atoms with Crippen LogP contribution in [0.1, 0.15) is 63.3 Å². The summed E-state index contributed by atoms with van der Waals surface area (Å²) in [5.41, 5.74) is 14.5. The Hall–Kier alpha value is -4.10. The third kappa shape index (κ3) is 3.75. The Bertz CT molecular complexity index is 1660. The van der Waals surface area contributed by atoms with Crippen LogP contribution in [0.4, 0.5) is 11.4 Å². The maximum atomic E-state index is 3.89. The second kappa shape index (κ2) is 9.27. The molecule has 2 aliphatic carbocycles. The van der Waals surface area contributed by atoms with Gasteiger partial charge in [0.2, 0.25) is 0 Å². The molecule has 2 aliphatic rings. The van der Waals surface area contributed by atoms with Crippen LogP contribution in [0, 0.1) is 0 Å². The van der Waals surface area contributed by atoms with E-state index >= 15 is 0 Å². The number of rotatable bonds is 6. The molecular formula is C38H37N. The van der Waals surface area contributed by atoms with E-state index in [4.69, 9.17) is 0 Å². The first-order chi connectivity index (χ1) is 18.8. The Kier molecular flexibility index (Phi) is 5.99. The lowest BCUT2D eigenvalue weighted by Gasteiger charge is -2.32. The smallest absolute Gasteiger partial charge is 0.0540 e. The number of nitrogens with zero attached hydrogens (tertiary/aromatic N) is 1. The minimum Gasteiger partial charge on any atom is -0.314 e. The van der Waals surface area contributed by atoms with Crippen molar-refractivity contribution in [3.63, 3.8) is 0 Å². The molecule has 0 heterocycles. The van der Waals surface area contributed by atoms with Crippen LogP contribution in [-0.2, 0) is 10.8 Å². The number of anilines is 2. The standard InChI is InChI=1S/C38H37N/c1-7-9-10-16-26(8-2)39(27-23-24-29-28-17-11-13-19-31(28)38(5,6)34(29)25-27)35-22-15-21-33-36(35)30-18-12-14-20-32(30)37(33,3)4/h7-15,17-25H,1,16H2,2-6H3/b10-9+,26-8+. The Labute approximate surface area is 233 Å². The monoisotopic (exact) mass is 507 g/mol. The maximum Gasteiger partial charge on any atom is 0.0540 e. The van der Waals surface area contributed by atoms with Crippen LogP contribution in [0.2, 0.25) is 0 Å². The zero-order valence-corrected chi connectivity index (χ0v) is 23.8. The van der Waals surface area contributed by atoms with E-state index in [1.54, 1.807) is 0 Å². The molecule has 0 amide bonds. The highest BCUT2D eigenvalue weighted by molar-refractivity contribution is 5.94. The SMILES string of the molecule is C=C/C=C/C/C(=C\C)N(c1ccc2c(c1)C(C)(C)c1ccccc1-2)c1cccc2c1-c1ccccc1C2(C)C. The van der Waals surface area contributed by atoms with Crippen molar-refractivity contribution in [3.8, 4) is 22.3 Å². The number of hydrogen-bond donors (Lipinski definition) is 0. The molecule has 1 nitrogen and oxygen atoms in total. The van der Waals surface area contributed by atoms with Gasteiger partial charge >= 0.3 is 0 Å². The minimum atomic E-state index is -0.0559. The molecule has 0 bridgehead atoms. The predicted octanol–water partition coefficient (Wildman–Crippen LogP) is 10.5. The highest BCUT2D eigenvalue weighted by Crippen LogP contribution is 2.55. The van der Waals surface area contributed by atoms with E-state index in [0.29, 0.717) is 0 Å². The summed E-state index contributed by atoms with van der Waals surface area (Å²) in [6.45, 7) is 15.5. The van der Waals surface area contributed by atoms with Crippen LogP contribution in [0.3, 0.4) is 0 Å². The van der Waals surface area contributed by atoms with Crippen LogP contribution in [-0.4, -0.2) is 0 Å². The van der Waals surface area contributed by atoms with Crippen LogP contribution in [0.15, 0.2) is 122 Å². The third-order valence-corrected chi connectivity index (χ3v) is 8.87. The van der Waals surface area contributed by atoms with Crippen LogP contribution >= 0.6 is 0 Å². The van der Waals surface area contributed by atoms with Gasteiger partial charge in [-0.15, -0.1) is 0 Å². The van der Waals surface area contributed by atoms with E-state index in [0.717, 1.165) is 6.42 Å². The molecule has 0 aliphatic heterocycles. The summed E-state index contributed by atoms with van der Waals surface area (Å²) in [6.07, 6.45) is 9.16. The average molecular weight is 508 g/mol. The van der Waals surface area contributed by atoms with Crippen molar-refractivity contribution in [1.82, 2.24) is 0 Å². The van der Waals surface area contributed by atoms with Gasteiger partial charge in [-0.1, -0.05) is 125 Å². The van der Waals surface area contributed by atoms with Gasteiger partial charge in [0.25, 0.3) is 0 Å². The van der Waals surface area contributed by atoms with Gasteiger partial charge in [-0.3, -0.25) is 0 Å². The van der Waals surface area contributed by atoms with Gasteiger partial charge in [0.05, 0.1) is 5.69 Å². The van der Waals surface area contributed by atoms with E-state index in [2.05, 4.69) is 143 Å². The first kappa shape index (κ1) is 25.2.